The van der Waals surface area contributed by atoms with Gasteiger partial charge in [-0.15, -0.1) is 0 Å². The highest BCUT2D eigenvalue weighted by molar-refractivity contribution is 7.89. The van der Waals surface area contributed by atoms with E-state index >= 15 is 0 Å². The lowest BCUT2D eigenvalue weighted by molar-refractivity contribution is -0.144. The zero-order valence-corrected chi connectivity index (χ0v) is 13.2. The van der Waals surface area contributed by atoms with Gasteiger partial charge in [0, 0.05) is 13.1 Å². The molecule has 0 aromatic heterocycles. The third-order valence-corrected chi connectivity index (χ3v) is 5.85. The van der Waals surface area contributed by atoms with Crippen LogP contribution in [-0.2, 0) is 19.6 Å². The lowest BCUT2D eigenvalue weighted by Crippen LogP contribution is -2.31. The van der Waals surface area contributed by atoms with Crippen molar-refractivity contribution in [2.24, 2.45) is 5.92 Å². The summed E-state index contributed by atoms with van der Waals surface area (Å²) in [7, 11) is -2.38. The summed E-state index contributed by atoms with van der Waals surface area (Å²) in [4.78, 5) is 11.6. The van der Waals surface area contributed by atoms with E-state index in [-0.39, 0.29) is 23.1 Å². The van der Waals surface area contributed by atoms with Gasteiger partial charge in [-0.3, -0.25) is 4.79 Å². The lowest BCUT2D eigenvalue weighted by Gasteiger charge is -2.18. The molecule has 0 radical (unpaired) electrons. The normalized spacial score (nSPS) is 19.7. The highest BCUT2D eigenvalue weighted by atomic mass is 32.2. The Morgan fingerprint density at radius 1 is 1.33 bits per heavy atom. The van der Waals surface area contributed by atoms with Crippen molar-refractivity contribution < 1.29 is 17.9 Å². The van der Waals surface area contributed by atoms with Crippen molar-refractivity contribution in [3.63, 3.8) is 0 Å². The fourth-order valence-corrected chi connectivity index (χ4v) is 4.16. The molecule has 1 saturated heterocycles. The van der Waals surface area contributed by atoms with E-state index in [1.54, 1.807) is 12.1 Å². The molecule has 2 N–H and O–H groups in total. The number of hydrogen-bond donors (Lipinski definition) is 1. The van der Waals surface area contributed by atoms with Crippen LogP contribution in [-0.4, -0.2) is 38.9 Å². The van der Waals surface area contributed by atoms with Crippen LogP contribution in [0.2, 0.25) is 0 Å². The molecule has 7 heteroatoms. The molecule has 1 aromatic carbocycles. The minimum absolute atomic E-state index is 0.108. The number of sulfonamides is 1. The summed E-state index contributed by atoms with van der Waals surface area (Å²) in [6.45, 7) is 4.16. The molecule has 1 atom stereocenters. The highest BCUT2D eigenvalue weighted by Gasteiger charge is 2.37. The van der Waals surface area contributed by atoms with Crippen molar-refractivity contribution in [3.8, 4) is 0 Å². The topological polar surface area (TPSA) is 89.7 Å². The molecule has 6 nitrogen and oxygen atoms in total. The van der Waals surface area contributed by atoms with E-state index in [4.69, 9.17) is 5.73 Å². The number of nitrogen functional groups attached to an aromatic ring is 1. The molecule has 2 rings (SSSR count). The van der Waals surface area contributed by atoms with Crippen LogP contribution in [0, 0.1) is 19.8 Å². The Labute approximate surface area is 124 Å². The highest BCUT2D eigenvalue weighted by Crippen LogP contribution is 2.29. The third kappa shape index (κ3) is 2.89. The van der Waals surface area contributed by atoms with Gasteiger partial charge in [0.15, 0.2) is 0 Å². The molecule has 0 spiro atoms. The van der Waals surface area contributed by atoms with Gasteiger partial charge in [0.2, 0.25) is 10.0 Å². The fourth-order valence-electron chi connectivity index (χ4n) is 2.48. The van der Waals surface area contributed by atoms with Crippen LogP contribution in [0.5, 0.6) is 0 Å². The summed E-state index contributed by atoms with van der Waals surface area (Å²) in [6, 6.07) is 3.25. The molecule has 1 fully saturated rings. The molecular weight excluding hydrogens is 292 g/mol. The number of methoxy groups -OCH3 is 1. The molecule has 21 heavy (non-hydrogen) atoms. The van der Waals surface area contributed by atoms with E-state index in [9.17, 15) is 13.2 Å². The maximum absolute atomic E-state index is 12.7. The SMILES string of the molecule is COC(=O)C1CCN(S(=O)(=O)c2cc(C)c(C)cc2N)C1. The van der Waals surface area contributed by atoms with Crippen LogP contribution < -0.4 is 5.73 Å². The van der Waals surface area contributed by atoms with Gasteiger partial charge < -0.3 is 10.5 Å². The Bertz CT molecular complexity index is 670. The quantitative estimate of drug-likeness (QED) is 0.666. The van der Waals surface area contributed by atoms with Gasteiger partial charge in [-0.25, -0.2) is 8.42 Å². The summed E-state index contributed by atoms with van der Waals surface area (Å²) in [5.74, 6) is -0.779. The predicted octanol–water partition coefficient (Wildman–Crippen LogP) is 1.07. The molecule has 1 aromatic rings. The summed E-state index contributed by atoms with van der Waals surface area (Å²) in [6.07, 6.45) is 0.469. The number of nitrogens with zero attached hydrogens (tertiary/aromatic N) is 1. The molecule has 1 heterocycles. The average Bonchev–Trinajstić information content (AvgIpc) is 2.92. The second kappa shape index (κ2) is 5.65. The molecule has 0 aliphatic carbocycles. The van der Waals surface area contributed by atoms with E-state index in [1.807, 2.05) is 13.8 Å². The first-order valence-electron chi connectivity index (χ1n) is 6.72. The molecular formula is C14H20N2O4S. The van der Waals surface area contributed by atoms with Gasteiger partial charge in [0.05, 0.1) is 18.7 Å². The Hall–Kier alpha value is -1.60. The van der Waals surface area contributed by atoms with Crippen LogP contribution in [0.1, 0.15) is 17.5 Å². The van der Waals surface area contributed by atoms with Crippen LogP contribution in [0.4, 0.5) is 5.69 Å². The zero-order chi connectivity index (χ0) is 15.8. The van der Waals surface area contributed by atoms with Crippen LogP contribution in [0.15, 0.2) is 17.0 Å². The van der Waals surface area contributed by atoms with Gasteiger partial charge in [0.25, 0.3) is 0 Å². The largest absolute Gasteiger partial charge is 0.469 e. The van der Waals surface area contributed by atoms with Crippen molar-refractivity contribution >= 4 is 21.7 Å². The minimum Gasteiger partial charge on any atom is -0.469 e. The predicted molar refractivity (Wildman–Crippen MR) is 79.2 cm³/mol. The van der Waals surface area contributed by atoms with Gasteiger partial charge in [0.1, 0.15) is 4.90 Å². The summed E-state index contributed by atoms with van der Waals surface area (Å²) in [5, 5.41) is 0. The number of benzene rings is 1. The molecule has 1 aliphatic rings. The minimum atomic E-state index is -3.68. The molecule has 1 unspecified atom stereocenters. The second-order valence-electron chi connectivity index (χ2n) is 5.35. The maximum Gasteiger partial charge on any atom is 0.310 e. The summed E-state index contributed by atoms with van der Waals surface area (Å²) >= 11 is 0. The van der Waals surface area contributed by atoms with Crippen LogP contribution in [0.25, 0.3) is 0 Å². The second-order valence-corrected chi connectivity index (χ2v) is 7.25. The number of carbonyl (C=O) groups is 1. The number of rotatable bonds is 3. The van der Waals surface area contributed by atoms with E-state index in [0.717, 1.165) is 11.1 Å². The Balaban J connectivity index is 2.32. The number of carbonyl (C=O) groups excluding carboxylic acids is 1. The Kier molecular flexibility index (Phi) is 4.25. The van der Waals surface area contributed by atoms with E-state index in [0.29, 0.717) is 13.0 Å². The van der Waals surface area contributed by atoms with E-state index in [2.05, 4.69) is 4.74 Å². The Morgan fingerprint density at radius 2 is 1.95 bits per heavy atom. The standard InChI is InChI=1S/C14H20N2O4S/c1-9-6-12(15)13(7-10(9)2)21(18,19)16-5-4-11(8-16)14(17)20-3/h6-7,11H,4-5,8,15H2,1-3H3. The van der Waals surface area contributed by atoms with Crippen molar-refractivity contribution in [3.05, 3.63) is 23.3 Å². The van der Waals surface area contributed by atoms with Crippen molar-refractivity contribution in [2.75, 3.05) is 25.9 Å². The molecule has 1 aliphatic heterocycles. The van der Waals surface area contributed by atoms with Crippen LogP contribution in [0.3, 0.4) is 0 Å². The van der Waals surface area contributed by atoms with Gasteiger partial charge in [-0.05, 0) is 43.5 Å². The number of anilines is 1. The van der Waals surface area contributed by atoms with Crippen LogP contribution >= 0.6 is 0 Å². The first kappa shape index (κ1) is 15.8. The average molecular weight is 312 g/mol. The molecule has 0 saturated carbocycles. The molecule has 0 bridgehead atoms. The smallest absolute Gasteiger partial charge is 0.310 e. The first-order valence-corrected chi connectivity index (χ1v) is 8.16. The van der Waals surface area contributed by atoms with Gasteiger partial charge in [-0.2, -0.15) is 4.31 Å². The lowest BCUT2D eigenvalue weighted by atomic mass is 10.1. The monoisotopic (exact) mass is 312 g/mol. The zero-order valence-electron chi connectivity index (χ0n) is 12.4. The number of ether oxygens (including phenoxy) is 1. The number of esters is 1. The van der Waals surface area contributed by atoms with E-state index < -0.39 is 15.9 Å². The fraction of sp³-hybridized carbons (Fsp3) is 0.500. The summed E-state index contributed by atoms with van der Waals surface area (Å²) < 4.78 is 31.3. The number of hydrogen-bond acceptors (Lipinski definition) is 5. The molecule has 0 amide bonds. The van der Waals surface area contributed by atoms with Gasteiger partial charge in [-0.1, -0.05) is 0 Å². The van der Waals surface area contributed by atoms with Crippen molar-refractivity contribution in [1.82, 2.24) is 4.31 Å². The Morgan fingerprint density at radius 3 is 2.57 bits per heavy atom. The maximum atomic E-state index is 12.7. The summed E-state index contributed by atoms with van der Waals surface area (Å²) in [5.41, 5.74) is 7.91. The van der Waals surface area contributed by atoms with Crippen molar-refractivity contribution in [1.29, 1.82) is 0 Å². The van der Waals surface area contributed by atoms with Crippen molar-refractivity contribution in [2.45, 2.75) is 25.2 Å². The molecule has 116 valence electrons. The number of nitrogens with two attached hydrogens (primary N) is 1. The van der Waals surface area contributed by atoms with Gasteiger partial charge >= 0.3 is 5.97 Å². The van der Waals surface area contributed by atoms with E-state index in [1.165, 1.54) is 11.4 Å². The number of aryl methyl sites for hydroxylation is 2. The third-order valence-electron chi connectivity index (χ3n) is 3.93. The first-order chi connectivity index (χ1) is 9.77.